The van der Waals surface area contributed by atoms with Gasteiger partial charge in [-0.25, -0.2) is 0 Å². The smallest absolute Gasteiger partial charge is 0.291 e. The van der Waals surface area contributed by atoms with Gasteiger partial charge >= 0.3 is 0 Å². The van der Waals surface area contributed by atoms with E-state index < -0.39 is 6.04 Å². The molecule has 33 heavy (non-hydrogen) atoms. The highest BCUT2D eigenvalue weighted by Crippen LogP contribution is 2.40. The maximum atomic E-state index is 13.6. The molecule has 1 aromatic heterocycles. The molecule has 0 saturated carbocycles. The van der Waals surface area contributed by atoms with Gasteiger partial charge in [0.25, 0.3) is 5.91 Å². The summed E-state index contributed by atoms with van der Waals surface area (Å²) in [6.07, 6.45) is 0. The van der Waals surface area contributed by atoms with Gasteiger partial charge in [-0.1, -0.05) is 47.5 Å². The topological polar surface area (TPSA) is 69.0 Å². The van der Waals surface area contributed by atoms with Crippen LogP contribution in [0.2, 0.25) is 5.02 Å². The Labute approximate surface area is 193 Å². The fourth-order valence-electron chi connectivity index (χ4n) is 4.49. The molecule has 2 aliphatic heterocycles. The fourth-order valence-corrected chi connectivity index (χ4v) is 4.66. The minimum atomic E-state index is -0.585. The van der Waals surface area contributed by atoms with Crippen LogP contribution in [-0.2, 0) is 6.54 Å². The summed E-state index contributed by atoms with van der Waals surface area (Å²) in [6, 6.07) is 17.6. The van der Waals surface area contributed by atoms with Crippen molar-refractivity contribution in [1.82, 2.24) is 4.90 Å². The van der Waals surface area contributed by atoms with Gasteiger partial charge in [-0.05, 0) is 48.4 Å². The van der Waals surface area contributed by atoms with Crippen molar-refractivity contribution in [2.75, 3.05) is 6.79 Å². The van der Waals surface area contributed by atoms with Crippen LogP contribution in [0.15, 0.2) is 69.9 Å². The number of carbonyl (C=O) groups excluding carboxylic acids is 1. The van der Waals surface area contributed by atoms with E-state index in [2.05, 4.69) is 0 Å². The Hall–Kier alpha value is -3.77. The quantitative estimate of drug-likeness (QED) is 0.419. The van der Waals surface area contributed by atoms with Gasteiger partial charge in [0.2, 0.25) is 12.6 Å². The average molecular weight is 460 g/mol. The van der Waals surface area contributed by atoms with Crippen LogP contribution in [-0.4, -0.2) is 17.6 Å². The number of nitrogens with zero attached hydrogens (tertiary/aromatic N) is 1. The number of hydrogen-bond acceptors (Lipinski definition) is 5. The molecule has 6 rings (SSSR count). The molecular weight excluding hydrogens is 442 g/mol. The first kappa shape index (κ1) is 19.9. The molecular formula is C26H18ClNO5. The van der Waals surface area contributed by atoms with Crippen LogP contribution in [0, 0.1) is 6.92 Å². The van der Waals surface area contributed by atoms with Crippen molar-refractivity contribution in [2.45, 2.75) is 19.5 Å². The number of amides is 1. The zero-order chi connectivity index (χ0) is 22.7. The molecule has 0 spiro atoms. The second-order valence-electron chi connectivity index (χ2n) is 8.25. The van der Waals surface area contributed by atoms with Crippen LogP contribution >= 0.6 is 11.6 Å². The molecule has 3 heterocycles. The second kappa shape index (κ2) is 7.39. The summed E-state index contributed by atoms with van der Waals surface area (Å²) >= 11 is 6.14. The summed E-state index contributed by atoms with van der Waals surface area (Å²) in [4.78, 5) is 28.8. The molecule has 1 amide bonds. The van der Waals surface area contributed by atoms with Gasteiger partial charge in [0.05, 0.1) is 17.0 Å². The molecule has 0 radical (unpaired) electrons. The summed E-state index contributed by atoms with van der Waals surface area (Å²) in [5.41, 5.74) is 3.20. The van der Waals surface area contributed by atoms with Crippen LogP contribution in [0.3, 0.4) is 0 Å². The number of rotatable bonds is 3. The Bertz CT molecular complexity index is 1490. The van der Waals surface area contributed by atoms with Crippen molar-refractivity contribution in [2.24, 2.45) is 0 Å². The number of benzene rings is 3. The van der Waals surface area contributed by atoms with Gasteiger partial charge in [0.15, 0.2) is 16.9 Å². The molecule has 3 aromatic carbocycles. The Morgan fingerprint density at radius 1 is 0.970 bits per heavy atom. The van der Waals surface area contributed by atoms with E-state index in [1.807, 2.05) is 49.4 Å². The van der Waals surface area contributed by atoms with Gasteiger partial charge in [-0.3, -0.25) is 9.59 Å². The summed E-state index contributed by atoms with van der Waals surface area (Å²) in [6.45, 7) is 2.44. The van der Waals surface area contributed by atoms with Gasteiger partial charge in [-0.2, -0.15) is 0 Å². The van der Waals surface area contributed by atoms with E-state index in [1.54, 1.807) is 23.1 Å². The highest BCUT2D eigenvalue weighted by Gasteiger charge is 2.42. The molecule has 0 fully saturated rings. The van der Waals surface area contributed by atoms with Crippen LogP contribution in [0.25, 0.3) is 11.0 Å². The summed E-state index contributed by atoms with van der Waals surface area (Å²) in [5.74, 6) is 1.05. The highest BCUT2D eigenvalue weighted by atomic mass is 35.5. The molecule has 4 aromatic rings. The minimum Gasteiger partial charge on any atom is -0.454 e. The van der Waals surface area contributed by atoms with E-state index in [9.17, 15) is 9.59 Å². The Morgan fingerprint density at radius 2 is 1.76 bits per heavy atom. The number of aryl methyl sites for hydroxylation is 1. The molecule has 6 nitrogen and oxygen atoms in total. The van der Waals surface area contributed by atoms with Gasteiger partial charge < -0.3 is 18.8 Å². The van der Waals surface area contributed by atoms with Crippen molar-refractivity contribution < 1.29 is 18.7 Å². The first-order chi connectivity index (χ1) is 16.0. The Morgan fingerprint density at radius 3 is 2.58 bits per heavy atom. The lowest BCUT2D eigenvalue weighted by Gasteiger charge is -2.25. The van der Waals surface area contributed by atoms with Crippen LogP contribution < -0.4 is 14.9 Å². The maximum Gasteiger partial charge on any atom is 0.291 e. The highest BCUT2D eigenvalue weighted by molar-refractivity contribution is 6.31. The van der Waals surface area contributed by atoms with Crippen molar-refractivity contribution >= 4 is 28.5 Å². The van der Waals surface area contributed by atoms with Gasteiger partial charge in [0.1, 0.15) is 5.58 Å². The summed E-state index contributed by atoms with van der Waals surface area (Å²) in [5, 5.41) is 0.791. The second-order valence-corrected chi connectivity index (χ2v) is 8.68. The monoisotopic (exact) mass is 459 g/mol. The zero-order valence-corrected chi connectivity index (χ0v) is 18.4. The number of hydrogen-bond donors (Lipinski definition) is 0. The molecule has 164 valence electrons. The third kappa shape index (κ3) is 3.17. The van der Waals surface area contributed by atoms with Crippen molar-refractivity contribution in [3.63, 3.8) is 0 Å². The number of halogens is 1. The lowest BCUT2D eigenvalue weighted by atomic mass is 9.97. The van der Waals surface area contributed by atoms with Crippen LogP contribution in [0.5, 0.6) is 11.5 Å². The normalized spacial score (nSPS) is 16.5. The molecule has 7 heteroatoms. The Balaban J connectivity index is 1.52. The lowest BCUT2D eigenvalue weighted by Crippen LogP contribution is -2.29. The van der Waals surface area contributed by atoms with Crippen LogP contribution in [0.1, 0.15) is 38.9 Å². The molecule has 1 atom stereocenters. The first-order valence-corrected chi connectivity index (χ1v) is 10.9. The molecule has 0 bridgehead atoms. The van der Waals surface area contributed by atoms with E-state index in [0.717, 1.165) is 16.7 Å². The standard InChI is InChI=1S/C26H18ClNO5/c1-14-2-5-16(6-3-14)23-22-24(29)18-11-17(27)7-9-19(18)33-25(22)26(30)28(23)12-15-4-8-20-21(10-15)32-13-31-20/h2-11,23H,12-13H2,1H3/t23-/m1/s1. The zero-order valence-electron chi connectivity index (χ0n) is 17.6. The minimum absolute atomic E-state index is 0.0705. The molecule has 0 unspecified atom stereocenters. The van der Waals surface area contributed by atoms with Crippen molar-refractivity contribution in [3.05, 3.63) is 104 Å². The third-order valence-corrected chi connectivity index (χ3v) is 6.35. The van der Waals surface area contributed by atoms with E-state index in [0.29, 0.717) is 33.1 Å². The molecule has 0 N–H and O–H groups in total. The summed E-state index contributed by atoms with van der Waals surface area (Å²) in [7, 11) is 0. The maximum absolute atomic E-state index is 13.6. The predicted octanol–water partition coefficient (Wildman–Crippen LogP) is 5.23. The summed E-state index contributed by atoms with van der Waals surface area (Å²) < 4.78 is 16.9. The Kier molecular flexibility index (Phi) is 4.45. The predicted molar refractivity (Wildman–Crippen MR) is 123 cm³/mol. The van der Waals surface area contributed by atoms with Gasteiger partial charge in [0, 0.05) is 11.6 Å². The molecule has 0 saturated heterocycles. The van der Waals surface area contributed by atoms with E-state index >= 15 is 0 Å². The van der Waals surface area contributed by atoms with Gasteiger partial charge in [-0.15, -0.1) is 0 Å². The van der Waals surface area contributed by atoms with E-state index in [-0.39, 0.29) is 30.4 Å². The average Bonchev–Trinajstić information content (AvgIpc) is 3.38. The lowest BCUT2D eigenvalue weighted by molar-refractivity contribution is 0.0714. The van der Waals surface area contributed by atoms with Crippen LogP contribution in [0.4, 0.5) is 0 Å². The first-order valence-electron chi connectivity index (χ1n) is 10.5. The largest absolute Gasteiger partial charge is 0.454 e. The molecule has 2 aliphatic rings. The number of fused-ring (bicyclic) bond motifs is 3. The SMILES string of the molecule is Cc1ccc([C@@H]2c3c(oc4ccc(Cl)cc4c3=O)C(=O)N2Cc2ccc3c(c2)OCO3)cc1. The van der Waals surface area contributed by atoms with E-state index in [1.165, 1.54) is 0 Å². The fraction of sp³-hybridized carbons (Fsp3) is 0.154. The molecule has 0 aliphatic carbocycles. The third-order valence-electron chi connectivity index (χ3n) is 6.11. The van der Waals surface area contributed by atoms with E-state index in [4.69, 9.17) is 25.5 Å². The van der Waals surface area contributed by atoms with Crippen molar-refractivity contribution in [3.8, 4) is 11.5 Å². The number of carbonyl (C=O) groups is 1. The number of ether oxygens (including phenoxy) is 2. The van der Waals surface area contributed by atoms with Crippen molar-refractivity contribution in [1.29, 1.82) is 0 Å².